The molecule has 0 aliphatic heterocycles. The summed E-state index contributed by atoms with van der Waals surface area (Å²) in [5.74, 6) is -0.948. The van der Waals surface area contributed by atoms with Crippen molar-refractivity contribution < 1.29 is 19.4 Å². The van der Waals surface area contributed by atoms with Crippen LogP contribution >= 0.6 is 0 Å². The number of rotatable bonds is 8. The minimum absolute atomic E-state index is 0.526. The second kappa shape index (κ2) is 8.44. The van der Waals surface area contributed by atoms with Crippen LogP contribution in [0.1, 0.15) is 17.5 Å². The van der Waals surface area contributed by atoms with E-state index in [4.69, 9.17) is 14.6 Å². The summed E-state index contributed by atoms with van der Waals surface area (Å²) >= 11 is 0. The molecule has 1 aromatic carbocycles. The predicted octanol–water partition coefficient (Wildman–Crippen LogP) is 2.34. The first-order valence-corrected chi connectivity index (χ1v) is 5.79. The zero-order valence-corrected chi connectivity index (χ0v) is 10.5. The highest BCUT2D eigenvalue weighted by atomic mass is 16.5. The molecule has 0 amide bonds. The summed E-state index contributed by atoms with van der Waals surface area (Å²) < 4.78 is 10.4. The fraction of sp³-hybridized carbons (Fsp3) is 0.357. The summed E-state index contributed by atoms with van der Waals surface area (Å²) in [7, 11) is 1.66. The minimum Gasteiger partial charge on any atom is -0.478 e. The molecular weight excluding hydrogens is 232 g/mol. The minimum atomic E-state index is -0.948. The Labute approximate surface area is 107 Å². The van der Waals surface area contributed by atoms with Gasteiger partial charge in [-0.3, -0.25) is 0 Å². The number of benzene rings is 1. The second-order valence-electron chi connectivity index (χ2n) is 3.82. The third-order valence-electron chi connectivity index (χ3n) is 2.28. The fourth-order valence-corrected chi connectivity index (χ4v) is 1.45. The van der Waals surface area contributed by atoms with Gasteiger partial charge < -0.3 is 14.6 Å². The van der Waals surface area contributed by atoms with E-state index in [0.717, 1.165) is 23.6 Å². The number of aliphatic carboxylic acids is 1. The van der Waals surface area contributed by atoms with Crippen LogP contribution in [0, 0.1) is 0 Å². The van der Waals surface area contributed by atoms with Gasteiger partial charge in [-0.05, 0) is 29.7 Å². The molecule has 1 aromatic rings. The molecule has 0 radical (unpaired) electrons. The maximum absolute atomic E-state index is 10.4. The lowest BCUT2D eigenvalue weighted by atomic mass is 10.1. The highest BCUT2D eigenvalue weighted by Crippen LogP contribution is 2.08. The molecule has 98 valence electrons. The molecule has 0 saturated heterocycles. The molecule has 0 saturated carbocycles. The summed E-state index contributed by atoms with van der Waals surface area (Å²) in [5.41, 5.74) is 1.88. The Morgan fingerprint density at radius 1 is 1.39 bits per heavy atom. The highest BCUT2D eigenvalue weighted by molar-refractivity contribution is 5.85. The molecule has 18 heavy (non-hydrogen) atoms. The molecule has 0 spiro atoms. The molecule has 0 bridgehead atoms. The SMILES string of the molecule is COCCCOCc1cccc(/C=C/C(=O)O)c1. The molecule has 0 atom stereocenters. The first-order valence-electron chi connectivity index (χ1n) is 5.79. The van der Waals surface area contributed by atoms with E-state index in [1.807, 2.05) is 24.3 Å². The van der Waals surface area contributed by atoms with E-state index in [-0.39, 0.29) is 0 Å². The lowest BCUT2D eigenvalue weighted by Crippen LogP contribution is -1.99. The van der Waals surface area contributed by atoms with Crippen molar-refractivity contribution in [2.24, 2.45) is 0 Å². The lowest BCUT2D eigenvalue weighted by molar-refractivity contribution is -0.131. The molecule has 1 rings (SSSR count). The molecule has 0 fully saturated rings. The van der Waals surface area contributed by atoms with Crippen molar-refractivity contribution in [2.75, 3.05) is 20.3 Å². The molecule has 1 N–H and O–H groups in total. The maximum atomic E-state index is 10.4. The Kier molecular flexibility index (Phi) is 6.76. The normalized spacial score (nSPS) is 10.9. The number of carboxylic acid groups (broad SMARTS) is 1. The van der Waals surface area contributed by atoms with Crippen molar-refractivity contribution in [2.45, 2.75) is 13.0 Å². The van der Waals surface area contributed by atoms with E-state index in [9.17, 15) is 4.79 Å². The van der Waals surface area contributed by atoms with Gasteiger partial charge in [0.05, 0.1) is 6.61 Å². The summed E-state index contributed by atoms with van der Waals surface area (Å²) in [4.78, 5) is 10.4. The molecular formula is C14H18O4. The van der Waals surface area contributed by atoms with E-state index in [1.165, 1.54) is 0 Å². The number of hydrogen-bond donors (Lipinski definition) is 1. The topological polar surface area (TPSA) is 55.8 Å². The van der Waals surface area contributed by atoms with Gasteiger partial charge in [0.15, 0.2) is 0 Å². The van der Waals surface area contributed by atoms with Crippen LogP contribution in [0.25, 0.3) is 6.08 Å². The first-order chi connectivity index (χ1) is 8.72. The van der Waals surface area contributed by atoms with Crippen molar-refractivity contribution >= 4 is 12.0 Å². The molecule has 0 unspecified atom stereocenters. The van der Waals surface area contributed by atoms with Crippen LogP contribution in [0.3, 0.4) is 0 Å². The van der Waals surface area contributed by atoms with Crippen molar-refractivity contribution in [1.29, 1.82) is 0 Å². The molecule has 4 heteroatoms. The zero-order valence-electron chi connectivity index (χ0n) is 10.5. The average Bonchev–Trinajstić information content (AvgIpc) is 2.37. The van der Waals surface area contributed by atoms with Gasteiger partial charge in [0.1, 0.15) is 0 Å². The van der Waals surface area contributed by atoms with Crippen LogP contribution in [-0.4, -0.2) is 31.4 Å². The van der Waals surface area contributed by atoms with Crippen molar-refractivity contribution in [3.8, 4) is 0 Å². The van der Waals surface area contributed by atoms with Gasteiger partial charge in [-0.1, -0.05) is 18.2 Å². The third kappa shape index (κ3) is 6.18. The van der Waals surface area contributed by atoms with Gasteiger partial charge in [-0.2, -0.15) is 0 Å². The van der Waals surface area contributed by atoms with Gasteiger partial charge in [-0.15, -0.1) is 0 Å². The van der Waals surface area contributed by atoms with E-state index < -0.39 is 5.97 Å². The fourth-order valence-electron chi connectivity index (χ4n) is 1.45. The van der Waals surface area contributed by atoms with Crippen molar-refractivity contribution in [3.63, 3.8) is 0 Å². The van der Waals surface area contributed by atoms with Gasteiger partial charge >= 0.3 is 5.97 Å². The maximum Gasteiger partial charge on any atom is 0.328 e. The number of carbonyl (C=O) groups is 1. The zero-order chi connectivity index (χ0) is 13.2. The van der Waals surface area contributed by atoms with Crippen LogP contribution in [0.4, 0.5) is 0 Å². The van der Waals surface area contributed by atoms with Crippen LogP contribution < -0.4 is 0 Å². The number of methoxy groups -OCH3 is 1. The van der Waals surface area contributed by atoms with Gasteiger partial charge in [0.2, 0.25) is 0 Å². The average molecular weight is 250 g/mol. The monoisotopic (exact) mass is 250 g/mol. The highest BCUT2D eigenvalue weighted by Gasteiger charge is 1.95. The molecule has 0 aromatic heterocycles. The second-order valence-corrected chi connectivity index (χ2v) is 3.82. The number of carboxylic acids is 1. The number of hydrogen-bond acceptors (Lipinski definition) is 3. The van der Waals surface area contributed by atoms with E-state index in [1.54, 1.807) is 13.2 Å². The summed E-state index contributed by atoms with van der Waals surface area (Å²) in [5, 5.41) is 8.54. The van der Waals surface area contributed by atoms with Crippen LogP contribution in [0.2, 0.25) is 0 Å². The van der Waals surface area contributed by atoms with E-state index in [0.29, 0.717) is 19.8 Å². The summed E-state index contributed by atoms with van der Waals surface area (Å²) in [6, 6.07) is 7.60. The Morgan fingerprint density at radius 3 is 2.94 bits per heavy atom. The van der Waals surface area contributed by atoms with Gasteiger partial charge in [0.25, 0.3) is 0 Å². The Balaban J connectivity index is 2.42. The molecule has 0 heterocycles. The predicted molar refractivity (Wildman–Crippen MR) is 69.3 cm³/mol. The standard InChI is InChI=1S/C14H18O4/c1-17-8-3-9-18-11-13-5-2-4-12(10-13)6-7-14(15)16/h2,4-7,10H,3,8-9,11H2,1H3,(H,15,16)/b7-6+. The Bertz CT molecular complexity index is 399. The van der Waals surface area contributed by atoms with Crippen LogP contribution in [0.15, 0.2) is 30.3 Å². The number of ether oxygens (including phenoxy) is 2. The first kappa shape index (κ1) is 14.4. The van der Waals surface area contributed by atoms with Crippen LogP contribution in [0.5, 0.6) is 0 Å². The van der Waals surface area contributed by atoms with E-state index >= 15 is 0 Å². The van der Waals surface area contributed by atoms with Gasteiger partial charge in [0, 0.05) is 26.4 Å². The molecule has 4 nitrogen and oxygen atoms in total. The van der Waals surface area contributed by atoms with Gasteiger partial charge in [-0.25, -0.2) is 4.79 Å². The Hall–Kier alpha value is -1.65. The van der Waals surface area contributed by atoms with Crippen molar-refractivity contribution in [3.05, 3.63) is 41.5 Å². The smallest absolute Gasteiger partial charge is 0.328 e. The largest absolute Gasteiger partial charge is 0.478 e. The van der Waals surface area contributed by atoms with E-state index in [2.05, 4.69) is 0 Å². The molecule has 0 aliphatic rings. The van der Waals surface area contributed by atoms with Crippen LogP contribution in [-0.2, 0) is 20.9 Å². The quantitative estimate of drug-likeness (QED) is 0.568. The Morgan fingerprint density at radius 2 is 2.22 bits per heavy atom. The summed E-state index contributed by atoms with van der Waals surface area (Å²) in [6.07, 6.45) is 3.56. The lowest BCUT2D eigenvalue weighted by Gasteiger charge is -2.04. The molecule has 0 aliphatic carbocycles. The third-order valence-corrected chi connectivity index (χ3v) is 2.28. The summed E-state index contributed by atoms with van der Waals surface area (Å²) in [6.45, 7) is 1.88. The van der Waals surface area contributed by atoms with Crippen molar-refractivity contribution in [1.82, 2.24) is 0 Å².